The van der Waals surface area contributed by atoms with Gasteiger partial charge < -0.3 is 10.1 Å². The number of nitrogens with one attached hydrogen (secondary N) is 1. The molecular weight excluding hydrogens is 134 g/mol. The summed E-state index contributed by atoms with van der Waals surface area (Å²) in [6.07, 6.45) is 1.10. The van der Waals surface area contributed by atoms with Crippen molar-refractivity contribution < 1.29 is 9.90 Å². The smallest absolute Gasteiger partial charge is 0.353 e. The van der Waals surface area contributed by atoms with Gasteiger partial charge in [-0.2, -0.15) is 5.26 Å². The van der Waals surface area contributed by atoms with Gasteiger partial charge in [-0.25, -0.2) is 9.78 Å². The zero-order valence-corrected chi connectivity index (χ0v) is 4.83. The molecule has 1 aromatic rings. The summed E-state index contributed by atoms with van der Waals surface area (Å²) < 4.78 is 0. The molecule has 0 bridgehead atoms. The minimum atomic E-state index is -1.12. The van der Waals surface area contributed by atoms with Crippen LogP contribution in [0.5, 0.6) is 0 Å². The minimum Gasteiger partial charge on any atom is -0.477 e. The van der Waals surface area contributed by atoms with Gasteiger partial charge in [0.15, 0.2) is 0 Å². The van der Waals surface area contributed by atoms with Crippen LogP contribution in [0.1, 0.15) is 16.3 Å². The van der Waals surface area contributed by atoms with E-state index in [1.54, 1.807) is 6.07 Å². The molecule has 2 N–H and O–H groups in total. The van der Waals surface area contributed by atoms with Gasteiger partial charge in [-0.3, -0.25) is 0 Å². The summed E-state index contributed by atoms with van der Waals surface area (Å²) >= 11 is 0. The maximum atomic E-state index is 10.1. The number of nitrogens with zero attached hydrogens (tertiary/aromatic N) is 2. The molecule has 0 aromatic carbocycles. The number of aromatic amines is 1. The maximum absolute atomic E-state index is 10.1. The predicted octanol–water partition coefficient (Wildman–Crippen LogP) is -0.0204. The lowest BCUT2D eigenvalue weighted by atomic mass is 10.5. The van der Waals surface area contributed by atoms with Crippen LogP contribution in [-0.2, 0) is 0 Å². The monoisotopic (exact) mass is 137 g/mol. The Morgan fingerprint density at radius 1 is 1.90 bits per heavy atom. The van der Waals surface area contributed by atoms with Crippen molar-refractivity contribution >= 4 is 5.97 Å². The number of imidazole rings is 1. The van der Waals surface area contributed by atoms with E-state index in [-0.39, 0.29) is 11.5 Å². The van der Waals surface area contributed by atoms with Crippen LogP contribution in [0.4, 0.5) is 0 Å². The van der Waals surface area contributed by atoms with Crippen LogP contribution >= 0.6 is 0 Å². The SMILES string of the molecule is N#Cc1ncc(C(=O)O)[nH]1. The van der Waals surface area contributed by atoms with Gasteiger partial charge in [0.05, 0.1) is 6.20 Å². The second kappa shape index (κ2) is 2.19. The molecule has 0 spiro atoms. The molecule has 0 fully saturated rings. The van der Waals surface area contributed by atoms with Crippen molar-refractivity contribution in [3.8, 4) is 6.07 Å². The van der Waals surface area contributed by atoms with Gasteiger partial charge in [-0.15, -0.1) is 0 Å². The summed E-state index contributed by atoms with van der Waals surface area (Å²) in [6.45, 7) is 0. The van der Waals surface area contributed by atoms with Gasteiger partial charge in [0, 0.05) is 0 Å². The number of hydrogen-bond donors (Lipinski definition) is 2. The molecule has 10 heavy (non-hydrogen) atoms. The van der Waals surface area contributed by atoms with Crippen molar-refractivity contribution in [2.45, 2.75) is 0 Å². The number of carboxylic acids is 1. The van der Waals surface area contributed by atoms with E-state index >= 15 is 0 Å². The van der Waals surface area contributed by atoms with E-state index in [0.717, 1.165) is 6.20 Å². The van der Waals surface area contributed by atoms with E-state index in [4.69, 9.17) is 10.4 Å². The standard InChI is InChI=1S/C5H3N3O2/c6-1-4-7-2-3(8-4)5(9)10/h2H,(H,7,8)(H,9,10). The molecule has 0 saturated carbocycles. The van der Waals surface area contributed by atoms with E-state index in [1.165, 1.54) is 0 Å². The van der Waals surface area contributed by atoms with Crippen molar-refractivity contribution in [3.63, 3.8) is 0 Å². The van der Waals surface area contributed by atoms with Crippen LogP contribution in [0, 0.1) is 11.3 Å². The third-order valence-electron chi connectivity index (χ3n) is 0.912. The van der Waals surface area contributed by atoms with Crippen LogP contribution in [0.2, 0.25) is 0 Å². The molecular formula is C5H3N3O2. The highest BCUT2D eigenvalue weighted by Crippen LogP contribution is 1.93. The molecule has 5 heteroatoms. The Kier molecular flexibility index (Phi) is 1.38. The lowest BCUT2D eigenvalue weighted by molar-refractivity contribution is 0.0691. The Morgan fingerprint density at radius 3 is 2.90 bits per heavy atom. The topological polar surface area (TPSA) is 89.8 Å². The number of hydrogen-bond acceptors (Lipinski definition) is 3. The first-order chi connectivity index (χ1) is 4.74. The van der Waals surface area contributed by atoms with Crippen molar-refractivity contribution in [1.82, 2.24) is 9.97 Å². The normalized spacial score (nSPS) is 8.70. The molecule has 1 heterocycles. The summed E-state index contributed by atoms with van der Waals surface area (Å²) in [5, 5.41) is 16.5. The third-order valence-corrected chi connectivity index (χ3v) is 0.912. The Bertz CT molecular complexity index is 296. The summed E-state index contributed by atoms with van der Waals surface area (Å²) in [5.41, 5.74) is -0.0726. The number of H-pyrrole nitrogens is 1. The summed E-state index contributed by atoms with van der Waals surface area (Å²) in [7, 11) is 0. The molecule has 0 aliphatic heterocycles. The van der Waals surface area contributed by atoms with Crippen molar-refractivity contribution in [3.05, 3.63) is 17.7 Å². The highest BCUT2D eigenvalue weighted by molar-refractivity contribution is 5.85. The molecule has 0 radical (unpaired) electrons. The Morgan fingerprint density at radius 2 is 2.60 bits per heavy atom. The Balaban J connectivity index is 3.02. The molecule has 1 rings (SSSR count). The summed E-state index contributed by atoms with van der Waals surface area (Å²) in [6, 6.07) is 1.67. The van der Waals surface area contributed by atoms with Crippen LogP contribution in [-0.4, -0.2) is 21.0 Å². The van der Waals surface area contributed by atoms with Crippen molar-refractivity contribution in [2.24, 2.45) is 0 Å². The lowest BCUT2D eigenvalue weighted by Crippen LogP contribution is -1.95. The van der Waals surface area contributed by atoms with Gasteiger partial charge in [-0.05, 0) is 0 Å². The van der Waals surface area contributed by atoms with E-state index < -0.39 is 5.97 Å². The number of carbonyl (C=O) groups is 1. The largest absolute Gasteiger partial charge is 0.477 e. The molecule has 0 unspecified atom stereocenters. The van der Waals surface area contributed by atoms with Gasteiger partial charge in [0.1, 0.15) is 11.8 Å². The van der Waals surface area contributed by atoms with Crippen molar-refractivity contribution in [1.29, 1.82) is 5.26 Å². The van der Waals surface area contributed by atoms with Crippen molar-refractivity contribution in [2.75, 3.05) is 0 Å². The molecule has 0 aliphatic carbocycles. The Hall–Kier alpha value is -1.83. The fraction of sp³-hybridized carbons (Fsp3) is 0. The van der Waals surface area contributed by atoms with E-state index in [2.05, 4.69) is 9.97 Å². The van der Waals surface area contributed by atoms with Gasteiger partial charge in [-0.1, -0.05) is 0 Å². The minimum absolute atomic E-state index is 0.0115. The zero-order valence-electron chi connectivity index (χ0n) is 4.83. The summed E-state index contributed by atoms with van der Waals surface area (Å²) in [4.78, 5) is 15.9. The van der Waals surface area contributed by atoms with E-state index in [9.17, 15) is 4.79 Å². The second-order valence-corrected chi connectivity index (χ2v) is 1.56. The van der Waals surface area contributed by atoms with Crippen LogP contribution in [0.15, 0.2) is 6.20 Å². The zero-order chi connectivity index (χ0) is 7.56. The fourth-order valence-corrected chi connectivity index (χ4v) is 0.487. The number of rotatable bonds is 1. The second-order valence-electron chi connectivity index (χ2n) is 1.56. The molecule has 0 atom stereocenters. The average Bonchev–Trinajstić information content (AvgIpc) is 2.34. The third kappa shape index (κ3) is 0.951. The maximum Gasteiger partial charge on any atom is 0.353 e. The fourth-order valence-electron chi connectivity index (χ4n) is 0.487. The first-order valence-corrected chi connectivity index (χ1v) is 2.42. The molecule has 0 saturated heterocycles. The average molecular weight is 137 g/mol. The number of nitriles is 1. The van der Waals surface area contributed by atoms with Crippen LogP contribution < -0.4 is 0 Å². The first-order valence-electron chi connectivity index (χ1n) is 2.42. The highest BCUT2D eigenvalue weighted by Gasteiger charge is 2.05. The molecule has 0 aliphatic rings. The molecule has 0 amide bonds. The van der Waals surface area contributed by atoms with Gasteiger partial charge in [0.25, 0.3) is 0 Å². The highest BCUT2D eigenvalue weighted by atomic mass is 16.4. The number of aromatic nitrogens is 2. The number of aromatic carboxylic acids is 1. The number of carboxylic acid groups (broad SMARTS) is 1. The quantitative estimate of drug-likeness (QED) is 0.569. The van der Waals surface area contributed by atoms with Crippen LogP contribution in [0.3, 0.4) is 0 Å². The molecule has 5 nitrogen and oxygen atoms in total. The summed E-state index contributed by atoms with van der Waals surface area (Å²) in [5.74, 6) is -1.11. The van der Waals surface area contributed by atoms with Crippen LogP contribution in [0.25, 0.3) is 0 Å². The van der Waals surface area contributed by atoms with Gasteiger partial charge >= 0.3 is 5.97 Å². The van der Waals surface area contributed by atoms with E-state index in [0.29, 0.717) is 0 Å². The molecule has 1 aromatic heterocycles. The first kappa shape index (κ1) is 6.29. The van der Waals surface area contributed by atoms with E-state index in [1.807, 2.05) is 0 Å². The Labute approximate surface area is 55.9 Å². The van der Waals surface area contributed by atoms with Gasteiger partial charge in [0.2, 0.25) is 5.82 Å². The predicted molar refractivity (Wildman–Crippen MR) is 30.3 cm³/mol. The molecule has 50 valence electrons. The lowest BCUT2D eigenvalue weighted by Gasteiger charge is -1.80.